The molecule has 0 unspecified atom stereocenters. The molecule has 0 N–H and O–H groups in total. The van der Waals surface area contributed by atoms with Crippen LogP contribution in [-0.4, -0.2) is 10.2 Å². The quantitative estimate of drug-likeness (QED) is 0.651. The zero-order valence-electron chi connectivity index (χ0n) is 13.3. The van der Waals surface area contributed by atoms with E-state index < -0.39 is 0 Å². The van der Waals surface area contributed by atoms with Gasteiger partial charge in [-0.05, 0) is 49.8 Å². The molecule has 0 bridgehead atoms. The third-order valence-corrected chi connectivity index (χ3v) is 6.67. The van der Waals surface area contributed by atoms with Crippen molar-refractivity contribution in [3.8, 4) is 5.75 Å². The summed E-state index contributed by atoms with van der Waals surface area (Å²) in [7, 11) is 0. The number of rotatable bonds is 4. The summed E-state index contributed by atoms with van der Waals surface area (Å²) in [6.07, 6.45) is 2.42. The topological polar surface area (TPSA) is 52.1 Å². The van der Waals surface area contributed by atoms with E-state index in [9.17, 15) is 4.79 Å². The Morgan fingerprint density at radius 2 is 2.00 bits per heavy atom. The maximum atomic E-state index is 12.0. The normalized spacial score (nSPS) is 14.3. The molecule has 0 spiro atoms. The first-order chi connectivity index (χ1) is 11.5. The highest BCUT2D eigenvalue weighted by molar-refractivity contribution is 7.16. The maximum Gasteiger partial charge on any atom is 0.236 e. The van der Waals surface area contributed by atoms with Crippen LogP contribution in [0.15, 0.2) is 16.9 Å². The molecule has 7 heteroatoms. The molecule has 1 aliphatic carbocycles. The minimum absolute atomic E-state index is 0.0754. The Labute approximate surface area is 152 Å². The van der Waals surface area contributed by atoms with Crippen molar-refractivity contribution in [3.63, 3.8) is 0 Å². The molecule has 2 heterocycles. The van der Waals surface area contributed by atoms with Gasteiger partial charge >= 0.3 is 0 Å². The number of aryl methyl sites for hydroxylation is 1. The van der Waals surface area contributed by atoms with E-state index in [-0.39, 0.29) is 4.74 Å². The third kappa shape index (κ3) is 2.94. The Morgan fingerprint density at radius 3 is 2.75 bits per heavy atom. The van der Waals surface area contributed by atoms with Crippen LogP contribution in [0.5, 0.6) is 5.75 Å². The molecule has 1 fully saturated rings. The highest BCUT2D eigenvalue weighted by Gasteiger charge is 2.27. The monoisotopic (exact) mass is 378 g/mol. The van der Waals surface area contributed by atoms with Gasteiger partial charge < -0.3 is 4.74 Å². The molecule has 0 aliphatic heterocycles. The van der Waals surface area contributed by atoms with Crippen LogP contribution in [0.1, 0.15) is 39.9 Å². The van der Waals surface area contributed by atoms with E-state index in [2.05, 4.69) is 10.2 Å². The van der Waals surface area contributed by atoms with Crippen LogP contribution in [0, 0.1) is 13.8 Å². The summed E-state index contributed by atoms with van der Waals surface area (Å²) in [5.41, 5.74) is 1.75. The fraction of sp³-hybridized carbons (Fsp3) is 0.353. The lowest BCUT2D eigenvalue weighted by Gasteiger charge is -2.10. The van der Waals surface area contributed by atoms with E-state index in [0.29, 0.717) is 23.3 Å². The molecule has 124 valence electrons. The van der Waals surface area contributed by atoms with Gasteiger partial charge in [0.05, 0.1) is 5.02 Å². The fourth-order valence-corrected chi connectivity index (χ4v) is 4.65. The second-order valence-electron chi connectivity index (χ2n) is 6.02. The number of halogens is 1. The average Bonchev–Trinajstić information content (AvgIpc) is 3.31. The molecular weight excluding hydrogens is 364 g/mol. The van der Waals surface area contributed by atoms with Crippen LogP contribution in [0.4, 0.5) is 0 Å². The van der Waals surface area contributed by atoms with Crippen molar-refractivity contribution >= 4 is 44.4 Å². The van der Waals surface area contributed by atoms with Crippen LogP contribution in [0.2, 0.25) is 5.02 Å². The van der Waals surface area contributed by atoms with E-state index in [1.165, 1.54) is 24.2 Å². The smallest absolute Gasteiger partial charge is 0.236 e. The summed E-state index contributed by atoms with van der Waals surface area (Å²) in [5, 5.41) is 11.9. The van der Waals surface area contributed by atoms with Crippen molar-refractivity contribution < 1.29 is 4.74 Å². The Morgan fingerprint density at radius 1 is 1.21 bits per heavy atom. The summed E-state index contributed by atoms with van der Waals surface area (Å²) in [5.74, 6) is 1.18. The summed E-state index contributed by atoms with van der Waals surface area (Å²) < 4.78 is 6.80. The minimum atomic E-state index is 0.0754. The van der Waals surface area contributed by atoms with E-state index >= 15 is 0 Å². The van der Waals surface area contributed by atoms with Gasteiger partial charge in [-0.2, -0.15) is 0 Å². The van der Waals surface area contributed by atoms with Gasteiger partial charge in [0.25, 0.3) is 0 Å². The van der Waals surface area contributed by atoms with Crippen molar-refractivity contribution in [2.75, 3.05) is 0 Å². The number of hydrogen-bond donors (Lipinski definition) is 0. The first-order valence-electron chi connectivity index (χ1n) is 7.71. The predicted octanol–water partition coefficient (Wildman–Crippen LogP) is 4.84. The standard InChI is InChI=1S/C17H15ClN2O2S2/c1-8-9(2)17(21)23-14-6-13(12(18)5-11(8)14)22-7-15-19-20-16(24-15)10-3-4-10/h5-6,10H,3-4,7H2,1-2H3. The molecule has 0 radical (unpaired) electrons. The maximum absolute atomic E-state index is 12.0. The Bertz CT molecular complexity index is 992. The highest BCUT2D eigenvalue weighted by atomic mass is 35.5. The fourth-order valence-electron chi connectivity index (χ4n) is 2.51. The first-order valence-corrected chi connectivity index (χ1v) is 9.72. The van der Waals surface area contributed by atoms with Crippen molar-refractivity contribution in [2.45, 2.75) is 39.2 Å². The van der Waals surface area contributed by atoms with Gasteiger partial charge in [-0.15, -0.1) is 10.2 Å². The Hall–Kier alpha value is -1.50. The van der Waals surface area contributed by atoms with Crippen LogP contribution in [0.25, 0.3) is 10.1 Å². The molecule has 4 nitrogen and oxygen atoms in total. The van der Waals surface area contributed by atoms with Crippen LogP contribution >= 0.6 is 34.3 Å². The van der Waals surface area contributed by atoms with Crippen LogP contribution in [-0.2, 0) is 6.61 Å². The number of hydrogen-bond acceptors (Lipinski definition) is 6. The molecular formula is C17H15ClN2O2S2. The van der Waals surface area contributed by atoms with Crippen molar-refractivity contribution in [2.24, 2.45) is 0 Å². The highest BCUT2D eigenvalue weighted by Crippen LogP contribution is 2.41. The molecule has 2 aromatic heterocycles. The summed E-state index contributed by atoms with van der Waals surface area (Å²) in [6.45, 7) is 4.14. The second kappa shape index (κ2) is 6.10. The number of fused-ring (bicyclic) bond motifs is 1. The second-order valence-corrected chi connectivity index (χ2v) is 8.53. The van der Waals surface area contributed by atoms with Gasteiger partial charge in [0, 0.05) is 16.2 Å². The molecule has 3 aromatic rings. The molecule has 24 heavy (non-hydrogen) atoms. The van der Waals surface area contributed by atoms with Gasteiger partial charge in [-0.25, -0.2) is 0 Å². The van der Waals surface area contributed by atoms with E-state index in [1.54, 1.807) is 11.3 Å². The van der Waals surface area contributed by atoms with Gasteiger partial charge in [0.2, 0.25) is 4.74 Å². The molecule has 4 rings (SSSR count). The zero-order valence-corrected chi connectivity index (χ0v) is 15.6. The van der Waals surface area contributed by atoms with Gasteiger partial charge in [-0.1, -0.05) is 34.3 Å². The zero-order chi connectivity index (χ0) is 16.8. The lowest BCUT2D eigenvalue weighted by Crippen LogP contribution is -2.02. The minimum Gasteiger partial charge on any atom is -0.485 e. The molecule has 1 aromatic carbocycles. The van der Waals surface area contributed by atoms with Gasteiger partial charge in [-0.3, -0.25) is 4.79 Å². The molecule has 1 aliphatic rings. The van der Waals surface area contributed by atoms with E-state index in [4.69, 9.17) is 16.3 Å². The lowest BCUT2D eigenvalue weighted by atomic mass is 10.1. The average molecular weight is 379 g/mol. The lowest BCUT2D eigenvalue weighted by molar-refractivity contribution is 0.305. The number of ether oxygens (including phenoxy) is 1. The Balaban J connectivity index is 1.62. The third-order valence-electron chi connectivity index (χ3n) is 4.27. The summed E-state index contributed by atoms with van der Waals surface area (Å²) in [4.78, 5) is 12.0. The van der Waals surface area contributed by atoms with Crippen molar-refractivity contribution in [3.05, 3.63) is 47.8 Å². The SMILES string of the molecule is Cc1c(C)c2cc(Cl)c(OCc3nnc(C4CC4)s3)cc2sc1=O. The molecule has 1 saturated carbocycles. The number of benzene rings is 1. The van der Waals surface area contributed by atoms with E-state index in [0.717, 1.165) is 31.2 Å². The van der Waals surface area contributed by atoms with E-state index in [1.807, 2.05) is 26.0 Å². The molecule has 0 amide bonds. The molecule has 0 saturated heterocycles. The van der Waals surface area contributed by atoms with Crippen LogP contribution < -0.4 is 9.48 Å². The predicted molar refractivity (Wildman–Crippen MR) is 98.8 cm³/mol. The van der Waals surface area contributed by atoms with Gasteiger partial charge in [0.1, 0.15) is 17.4 Å². The first kappa shape index (κ1) is 16.0. The summed E-state index contributed by atoms with van der Waals surface area (Å²) >= 11 is 9.19. The largest absolute Gasteiger partial charge is 0.485 e. The van der Waals surface area contributed by atoms with Crippen LogP contribution in [0.3, 0.4) is 0 Å². The number of nitrogens with zero attached hydrogens (tertiary/aromatic N) is 2. The van der Waals surface area contributed by atoms with Gasteiger partial charge in [0.15, 0.2) is 5.01 Å². The molecule has 0 atom stereocenters. The Kier molecular flexibility index (Phi) is 4.06. The summed E-state index contributed by atoms with van der Waals surface area (Å²) in [6, 6.07) is 3.72. The number of aromatic nitrogens is 2. The van der Waals surface area contributed by atoms with Crippen molar-refractivity contribution in [1.29, 1.82) is 0 Å². The van der Waals surface area contributed by atoms with Crippen molar-refractivity contribution in [1.82, 2.24) is 10.2 Å².